The van der Waals surface area contributed by atoms with Crippen molar-refractivity contribution >= 4 is 5.78 Å². The van der Waals surface area contributed by atoms with Crippen LogP contribution in [-0.2, 0) is 4.79 Å². The first-order valence-corrected chi connectivity index (χ1v) is 4.76. The molecule has 0 aromatic carbocycles. The van der Waals surface area contributed by atoms with Gasteiger partial charge in [-0.15, -0.1) is 0 Å². The molecule has 1 aliphatic carbocycles. The summed E-state index contributed by atoms with van der Waals surface area (Å²) in [6.45, 7) is 5.87. The average molecular weight is 169 g/mol. The lowest BCUT2D eigenvalue weighted by molar-refractivity contribution is -0.121. The Kier molecular flexibility index (Phi) is 2.89. The van der Waals surface area contributed by atoms with Gasteiger partial charge in [-0.05, 0) is 46.6 Å². The summed E-state index contributed by atoms with van der Waals surface area (Å²) >= 11 is 0. The minimum atomic E-state index is 0.0839. The van der Waals surface area contributed by atoms with E-state index in [4.69, 9.17) is 0 Å². The molecule has 1 saturated carbocycles. The summed E-state index contributed by atoms with van der Waals surface area (Å²) in [4.78, 5) is 13.3. The molecule has 2 unspecified atom stereocenters. The molecule has 1 fully saturated rings. The molecule has 12 heavy (non-hydrogen) atoms. The van der Waals surface area contributed by atoms with Crippen LogP contribution in [0, 0.1) is 5.92 Å². The van der Waals surface area contributed by atoms with Gasteiger partial charge in [0.25, 0.3) is 0 Å². The third-order valence-corrected chi connectivity index (χ3v) is 3.15. The van der Waals surface area contributed by atoms with Gasteiger partial charge in [0.05, 0.1) is 6.04 Å². The van der Waals surface area contributed by atoms with Gasteiger partial charge in [0.1, 0.15) is 5.78 Å². The summed E-state index contributed by atoms with van der Waals surface area (Å²) < 4.78 is 0. The second-order valence-electron chi connectivity index (χ2n) is 4.03. The summed E-state index contributed by atoms with van der Waals surface area (Å²) in [6.07, 6.45) is 2.69. The first-order valence-electron chi connectivity index (χ1n) is 4.76. The summed E-state index contributed by atoms with van der Waals surface area (Å²) in [6, 6.07) is 0.657. The van der Waals surface area contributed by atoms with Crippen LogP contribution in [0.2, 0.25) is 0 Å². The van der Waals surface area contributed by atoms with Crippen LogP contribution in [0.25, 0.3) is 0 Å². The molecule has 0 radical (unpaired) electrons. The number of carbonyl (C=O) groups excluding carboxylic acids is 1. The lowest BCUT2D eigenvalue weighted by Crippen LogP contribution is -2.41. The monoisotopic (exact) mass is 169 g/mol. The van der Waals surface area contributed by atoms with Crippen LogP contribution >= 0.6 is 0 Å². The third-order valence-electron chi connectivity index (χ3n) is 3.15. The van der Waals surface area contributed by atoms with Gasteiger partial charge in [-0.2, -0.15) is 0 Å². The summed E-state index contributed by atoms with van der Waals surface area (Å²) in [7, 11) is 2.05. The van der Waals surface area contributed by atoms with Crippen molar-refractivity contribution in [2.24, 2.45) is 5.92 Å². The van der Waals surface area contributed by atoms with Crippen LogP contribution in [0.1, 0.15) is 33.6 Å². The van der Waals surface area contributed by atoms with Crippen LogP contribution in [0.15, 0.2) is 0 Å². The fourth-order valence-corrected chi connectivity index (χ4v) is 1.55. The lowest BCUT2D eigenvalue weighted by atomic mass is 10.1. The van der Waals surface area contributed by atoms with Crippen molar-refractivity contribution in [2.45, 2.75) is 45.7 Å². The molecule has 0 aromatic rings. The fraction of sp³-hybridized carbons (Fsp3) is 0.900. The van der Waals surface area contributed by atoms with E-state index in [9.17, 15) is 4.79 Å². The van der Waals surface area contributed by atoms with Crippen molar-refractivity contribution in [3.8, 4) is 0 Å². The van der Waals surface area contributed by atoms with Crippen molar-refractivity contribution in [2.75, 3.05) is 7.05 Å². The van der Waals surface area contributed by atoms with E-state index >= 15 is 0 Å². The number of hydrogen-bond donors (Lipinski definition) is 0. The highest BCUT2D eigenvalue weighted by atomic mass is 16.1. The topological polar surface area (TPSA) is 20.3 Å². The molecule has 0 spiro atoms. The largest absolute Gasteiger partial charge is 0.298 e. The van der Waals surface area contributed by atoms with Crippen LogP contribution < -0.4 is 0 Å². The molecule has 70 valence electrons. The normalized spacial score (nSPS) is 22.4. The predicted molar refractivity (Wildman–Crippen MR) is 50.1 cm³/mol. The summed E-state index contributed by atoms with van der Waals surface area (Å²) in [5, 5.41) is 0. The minimum absolute atomic E-state index is 0.0839. The van der Waals surface area contributed by atoms with Crippen molar-refractivity contribution < 1.29 is 4.79 Å². The SMILES string of the molecule is CC(=O)C(C)N(C)C(C)C1CC1. The number of ketones is 1. The fourth-order valence-electron chi connectivity index (χ4n) is 1.55. The Labute approximate surface area is 74.9 Å². The number of rotatable bonds is 4. The third kappa shape index (κ3) is 2.07. The van der Waals surface area contributed by atoms with E-state index in [0.29, 0.717) is 6.04 Å². The molecule has 0 bridgehead atoms. The van der Waals surface area contributed by atoms with E-state index < -0.39 is 0 Å². The molecular formula is C10H19NO. The predicted octanol–water partition coefficient (Wildman–Crippen LogP) is 1.69. The molecule has 0 heterocycles. The van der Waals surface area contributed by atoms with Gasteiger partial charge in [0.15, 0.2) is 0 Å². The highest BCUT2D eigenvalue weighted by Crippen LogP contribution is 2.35. The van der Waals surface area contributed by atoms with Crippen molar-refractivity contribution in [1.29, 1.82) is 0 Å². The van der Waals surface area contributed by atoms with Crippen LogP contribution in [0.4, 0.5) is 0 Å². The highest BCUT2D eigenvalue weighted by Gasteiger charge is 2.32. The molecule has 2 heteroatoms. The Morgan fingerprint density at radius 1 is 1.42 bits per heavy atom. The molecule has 2 atom stereocenters. The number of nitrogens with zero attached hydrogens (tertiary/aromatic N) is 1. The van der Waals surface area contributed by atoms with E-state index in [-0.39, 0.29) is 11.8 Å². The van der Waals surface area contributed by atoms with Crippen molar-refractivity contribution in [3.63, 3.8) is 0 Å². The van der Waals surface area contributed by atoms with Gasteiger partial charge < -0.3 is 0 Å². The number of likely N-dealkylation sites (N-methyl/N-ethyl adjacent to an activating group) is 1. The minimum Gasteiger partial charge on any atom is -0.298 e. The summed E-state index contributed by atoms with van der Waals surface area (Å²) in [5.41, 5.74) is 0. The Morgan fingerprint density at radius 3 is 2.25 bits per heavy atom. The summed E-state index contributed by atoms with van der Waals surface area (Å²) in [5.74, 6) is 1.11. The molecule has 0 N–H and O–H groups in total. The second kappa shape index (κ2) is 3.56. The zero-order valence-corrected chi connectivity index (χ0v) is 8.50. The zero-order valence-electron chi connectivity index (χ0n) is 8.50. The van der Waals surface area contributed by atoms with E-state index in [1.54, 1.807) is 6.92 Å². The molecule has 2 nitrogen and oxygen atoms in total. The van der Waals surface area contributed by atoms with Gasteiger partial charge in [-0.3, -0.25) is 9.69 Å². The van der Waals surface area contributed by atoms with E-state index in [1.807, 2.05) is 6.92 Å². The van der Waals surface area contributed by atoms with E-state index in [2.05, 4.69) is 18.9 Å². The molecule has 0 saturated heterocycles. The maximum absolute atomic E-state index is 11.1. The van der Waals surface area contributed by atoms with Gasteiger partial charge in [-0.1, -0.05) is 0 Å². The van der Waals surface area contributed by atoms with Crippen LogP contribution in [0.5, 0.6) is 0 Å². The standard InChI is InChI=1S/C10H19NO/c1-7(9(3)12)11(4)8(2)10-5-6-10/h7-8,10H,5-6H2,1-4H3. The second-order valence-corrected chi connectivity index (χ2v) is 4.03. The van der Waals surface area contributed by atoms with Gasteiger partial charge in [0, 0.05) is 6.04 Å². The molecule has 0 amide bonds. The number of hydrogen-bond acceptors (Lipinski definition) is 2. The van der Waals surface area contributed by atoms with Crippen molar-refractivity contribution in [3.05, 3.63) is 0 Å². The maximum Gasteiger partial charge on any atom is 0.146 e. The van der Waals surface area contributed by atoms with E-state index in [1.165, 1.54) is 12.8 Å². The molecule has 1 rings (SSSR count). The van der Waals surface area contributed by atoms with Gasteiger partial charge >= 0.3 is 0 Å². The quantitative estimate of drug-likeness (QED) is 0.638. The highest BCUT2D eigenvalue weighted by molar-refractivity contribution is 5.80. The maximum atomic E-state index is 11.1. The first kappa shape index (κ1) is 9.72. The van der Waals surface area contributed by atoms with Crippen molar-refractivity contribution in [1.82, 2.24) is 4.90 Å². The Hall–Kier alpha value is -0.370. The Bertz CT molecular complexity index is 175. The molecular weight excluding hydrogens is 150 g/mol. The van der Waals surface area contributed by atoms with Gasteiger partial charge in [-0.25, -0.2) is 0 Å². The van der Waals surface area contributed by atoms with Crippen LogP contribution in [-0.4, -0.2) is 29.8 Å². The first-order chi connectivity index (χ1) is 5.54. The number of carbonyl (C=O) groups is 1. The lowest BCUT2D eigenvalue weighted by Gasteiger charge is -2.29. The Morgan fingerprint density at radius 2 is 1.92 bits per heavy atom. The zero-order chi connectivity index (χ0) is 9.30. The smallest absolute Gasteiger partial charge is 0.146 e. The molecule has 0 aromatic heterocycles. The molecule has 0 aliphatic heterocycles. The average Bonchev–Trinajstić information content (AvgIpc) is 2.82. The van der Waals surface area contributed by atoms with Crippen LogP contribution in [0.3, 0.4) is 0 Å². The van der Waals surface area contributed by atoms with Gasteiger partial charge in [0.2, 0.25) is 0 Å². The number of Topliss-reactive ketones (excluding diaryl/α,β-unsaturated/α-hetero) is 1. The molecule has 1 aliphatic rings. The van der Waals surface area contributed by atoms with E-state index in [0.717, 1.165) is 5.92 Å². The Balaban J connectivity index is 2.44.